The van der Waals surface area contributed by atoms with Crippen molar-refractivity contribution in [2.45, 2.75) is 84.2 Å². The van der Waals surface area contributed by atoms with Gasteiger partial charge in [-0.1, -0.05) is 18.6 Å². The summed E-state index contributed by atoms with van der Waals surface area (Å²) in [5.74, 6) is 2.46. The van der Waals surface area contributed by atoms with Crippen LogP contribution in [0.1, 0.15) is 78.6 Å². The number of allylic oxidation sites excluding steroid dienone is 2. The smallest absolute Gasteiger partial charge is 0.0956 e. The molecule has 0 bridgehead atoms. The van der Waals surface area contributed by atoms with Crippen LogP contribution in [0.15, 0.2) is 11.6 Å². The average molecular weight is 335 g/mol. The molecule has 0 heterocycles. The van der Waals surface area contributed by atoms with Crippen LogP contribution in [0.3, 0.4) is 0 Å². The monoisotopic (exact) mass is 334 g/mol. The minimum absolute atomic E-state index is 0.120. The molecule has 0 amide bonds. The number of aliphatic hydroxyl groups is 1. The molecule has 4 rings (SSSR count). The average Bonchev–Trinajstić information content (AvgIpc) is 2.90. The molecule has 2 heteroatoms. The Morgan fingerprint density at radius 3 is 2.58 bits per heavy atom. The SMILES string of the molecule is C/C=C1\CCC2[C@@H]3CCC4C[C@](C)(O)CC[C@]4(CF)C3CC[C@]12C. The summed E-state index contributed by atoms with van der Waals surface area (Å²) in [7, 11) is 0. The highest BCUT2D eigenvalue weighted by molar-refractivity contribution is 5.24. The molecule has 0 radical (unpaired) electrons. The Morgan fingerprint density at radius 2 is 1.88 bits per heavy atom. The molecule has 4 fully saturated rings. The Hall–Kier alpha value is -0.370. The van der Waals surface area contributed by atoms with Crippen molar-refractivity contribution in [1.82, 2.24) is 0 Å². The summed E-state index contributed by atoms with van der Waals surface area (Å²) < 4.78 is 14.5. The highest BCUT2D eigenvalue weighted by Crippen LogP contribution is 2.68. The van der Waals surface area contributed by atoms with E-state index >= 15 is 0 Å². The molecule has 0 aromatic heterocycles. The maximum absolute atomic E-state index is 14.5. The number of rotatable bonds is 1. The van der Waals surface area contributed by atoms with E-state index in [0.717, 1.165) is 37.5 Å². The second kappa shape index (κ2) is 5.56. The van der Waals surface area contributed by atoms with E-state index in [1.165, 1.54) is 32.1 Å². The zero-order chi connectivity index (χ0) is 17.2. The summed E-state index contributed by atoms with van der Waals surface area (Å²) >= 11 is 0. The van der Waals surface area contributed by atoms with E-state index < -0.39 is 5.60 Å². The quantitative estimate of drug-likeness (QED) is 0.612. The zero-order valence-corrected chi connectivity index (χ0v) is 15.8. The van der Waals surface area contributed by atoms with Crippen LogP contribution in [0.4, 0.5) is 4.39 Å². The van der Waals surface area contributed by atoms with Gasteiger partial charge >= 0.3 is 0 Å². The zero-order valence-electron chi connectivity index (χ0n) is 15.8. The summed E-state index contributed by atoms with van der Waals surface area (Å²) in [6.45, 7) is 6.51. The molecule has 4 aliphatic carbocycles. The van der Waals surface area contributed by atoms with E-state index in [4.69, 9.17) is 0 Å². The highest BCUT2D eigenvalue weighted by atomic mass is 19.1. The molecule has 0 saturated heterocycles. The van der Waals surface area contributed by atoms with E-state index in [9.17, 15) is 9.50 Å². The van der Waals surface area contributed by atoms with Crippen LogP contribution in [-0.2, 0) is 0 Å². The van der Waals surface area contributed by atoms with Crippen LogP contribution in [0.5, 0.6) is 0 Å². The third-order valence-corrected chi connectivity index (χ3v) is 9.10. The fourth-order valence-corrected chi connectivity index (χ4v) is 7.81. The first-order chi connectivity index (χ1) is 11.4. The fourth-order valence-electron chi connectivity index (χ4n) is 7.81. The molecule has 4 aliphatic rings. The van der Waals surface area contributed by atoms with Crippen LogP contribution in [0.2, 0.25) is 0 Å². The Balaban J connectivity index is 1.66. The highest BCUT2D eigenvalue weighted by Gasteiger charge is 2.61. The molecule has 0 aliphatic heterocycles. The van der Waals surface area contributed by atoms with E-state index in [0.29, 0.717) is 17.3 Å². The van der Waals surface area contributed by atoms with E-state index in [2.05, 4.69) is 19.9 Å². The maximum Gasteiger partial charge on any atom is 0.0956 e. The number of halogens is 1. The Morgan fingerprint density at radius 1 is 1.08 bits per heavy atom. The minimum atomic E-state index is -0.565. The molecular formula is C22H35FO. The predicted octanol–water partition coefficient (Wildman–Crippen LogP) is 5.68. The van der Waals surface area contributed by atoms with Crippen LogP contribution >= 0.6 is 0 Å². The van der Waals surface area contributed by atoms with Crippen LogP contribution in [-0.4, -0.2) is 17.4 Å². The Bertz CT molecular complexity index is 538. The first kappa shape index (κ1) is 17.1. The van der Waals surface area contributed by atoms with Crippen LogP contribution in [0.25, 0.3) is 0 Å². The van der Waals surface area contributed by atoms with Gasteiger partial charge in [-0.2, -0.15) is 0 Å². The standard InChI is InChI=1S/C22H35FO/c1-4-15-6-8-18-17-7-5-16-13-20(2,24)11-12-22(16,14-23)19(17)9-10-21(15,18)3/h4,16-19,24H,5-14H2,1-3H3/b15-4+/t16?,17-,18?,19?,20+,21+,22+/m0/s1. The van der Waals surface area contributed by atoms with Crippen molar-refractivity contribution in [3.63, 3.8) is 0 Å². The Labute approximate surface area is 147 Å². The lowest BCUT2D eigenvalue weighted by atomic mass is 9.44. The van der Waals surface area contributed by atoms with Gasteiger partial charge in [0.1, 0.15) is 0 Å². The number of alkyl halides is 1. The molecule has 136 valence electrons. The van der Waals surface area contributed by atoms with Crippen molar-refractivity contribution in [3.8, 4) is 0 Å². The van der Waals surface area contributed by atoms with Gasteiger partial charge in [0.25, 0.3) is 0 Å². The fraction of sp³-hybridized carbons (Fsp3) is 0.909. The van der Waals surface area contributed by atoms with Gasteiger partial charge in [-0.05, 0) is 101 Å². The van der Waals surface area contributed by atoms with Crippen molar-refractivity contribution in [1.29, 1.82) is 0 Å². The molecule has 0 aromatic rings. The van der Waals surface area contributed by atoms with E-state index in [-0.39, 0.29) is 12.1 Å². The Kier molecular flexibility index (Phi) is 3.95. The summed E-state index contributed by atoms with van der Waals surface area (Å²) in [6, 6.07) is 0. The van der Waals surface area contributed by atoms with Crippen LogP contribution < -0.4 is 0 Å². The lowest BCUT2D eigenvalue weighted by Crippen LogP contribution is -2.57. The summed E-state index contributed by atoms with van der Waals surface area (Å²) in [5, 5.41) is 10.5. The molecule has 0 aromatic carbocycles. The van der Waals surface area contributed by atoms with Crippen molar-refractivity contribution in [3.05, 3.63) is 11.6 Å². The molecule has 4 saturated carbocycles. The van der Waals surface area contributed by atoms with Crippen LogP contribution in [0, 0.1) is 34.5 Å². The second-order valence-electron chi connectivity index (χ2n) is 10.0. The maximum atomic E-state index is 14.5. The first-order valence-corrected chi connectivity index (χ1v) is 10.3. The summed E-state index contributed by atoms with van der Waals surface area (Å²) in [4.78, 5) is 0. The van der Waals surface area contributed by atoms with Gasteiger partial charge in [0.05, 0.1) is 12.3 Å². The predicted molar refractivity (Wildman–Crippen MR) is 96.4 cm³/mol. The molecule has 3 unspecified atom stereocenters. The van der Waals surface area contributed by atoms with E-state index in [1.54, 1.807) is 5.57 Å². The topological polar surface area (TPSA) is 20.2 Å². The number of hydrogen-bond acceptors (Lipinski definition) is 1. The molecule has 7 atom stereocenters. The second-order valence-corrected chi connectivity index (χ2v) is 10.0. The minimum Gasteiger partial charge on any atom is -0.390 e. The van der Waals surface area contributed by atoms with E-state index in [1.807, 2.05) is 6.92 Å². The van der Waals surface area contributed by atoms with Crippen molar-refractivity contribution in [2.75, 3.05) is 6.67 Å². The van der Waals surface area contributed by atoms with Gasteiger partial charge in [0.2, 0.25) is 0 Å². The van der Waals surface area contributed by atoms with Gasteiger partial charge < -0.3 is 5.11 Å². The molecule has 1 N–H and O–H groups in total. The third-order valence-electron chi connectivity index (χ3n) is 9.10. The molecule has 1 nitrogen and oxygen atoms in total. The molecular weight excluding hydrogens is 299 g/mol. The lowest BCUT2D eigenvalue weighted by Gasteiger charge is -2.61. The lowest BCUT2D eigenvalue weighted by molar-refractivity contribution is -0.155. The number of fused-ring (bicyclic) bond motifs is 5. The summed E-state index contributed by atoms with van der Waals surface area (Å²) in [5.41, 5.74) is 1.38. The molecule has 24 heavy (non-hydrogen) atoms. The van der Waals surface area contributed by atoms with Crippen molar-refractivity contribution < 1.29 is 9.50 Å². The van der Waals surface area contributed by atoms with Gasteiger partial charge in [0.15, 0.2) is 0 Å². The normalized spacial score (nSPS) is 55.8. The van der Waals surface area contributed by atoms with Gasteiger partial charge in [-0.15, -0.1) is 0 Å². The van der Waals surface area contributed by atoms with Gasteiger partial charge in [0, 0.05) is 5.41 Å². The summed E-state index contributed by atoms with van der Waals surface area (Å²) in [6.07, 6.45) is 12.3. The van der Waals surface area contributed by atoms with Gasteiger partial charge in [-0.3, -0.25) is 4.39 Å². The first-order valence-electron chi connectivity index (χ1n) is 10.3. The van der Waals surface area contributed by atoms with Crippen molar-refractivity contribution >= 4 is 0 Å². The largest absolute Gasteiger partial charge is 0.390 e. The number of hydrogen-bond donors (Lipinski definition) is 1. The van der Waals surface area contributed by atoms with Gasteiger partial charge in [-0.25, -0.2) is 0 Å². The van der Waals surface area contributed by atoms with Crippen molar-refractivity contribution in [2.24, 2.45) is 34.5 Å². The third kappa shape index (κ3) is 2.20. The molecule has 0 spiro atoms.